The fourth-order valence-corrected chi connectivity index (χ4v) is 4.30. The van der Waals surface area contributed by atoms with Crippen molar-refractivity contribution in [3.63, 3.8) is 0 Å². The van der Waals surface area contributed by atoms with Gasteiger partial charge in [-0.1, -0.05) is 0 Å². The largest absolute Gasteiger partial charge is 0.369 e. The average Bonchev–Trinajstić information content (AvgIpc) is 3.12. The normalized spacial score (nSPS) is 14.1. The van der Waals surface area contributed by atoms with Crippen molar-refractivity contribution in [2.75, 3.05) is 48.8 Å². The topological polar surface area (TPSA) is 89.2 Å². The van der Waals surface area contributed by atoms with Crippen LogP contribution in [0.1, 0.15) is 5.56 Å². The van der Waals surface area contributed by atoms with Crippen LogP contribution in [0.2, 0.25) is 0 Å². The predicted molar refractivity (Wildman–Crippen MR) is 130 cm³/mol. The van der Waals surface area contributed by atoms with Gasteiger partial charge in [0.05, 0.1) is 28.0 Å². The quantitative estimate of drug-likeness (QED) is 0.570. The molecule has 0 unspecified atom stereocenters. The number of halogens is 1. The van der Waals surface area contributed by atoms with Crippen LogP contribution in [0.5, 0.6) is 0 Å². The van der Waals surface area contributed by atoms with Gasteiger partial charge in [0.1, 0.15) is 0 Å². The van der Waals surface area contributed by atoms with Crippen LogP contribution in [0.15, 0.2) is 53.1 Å². The number of aromatic nitrogens is 2. The van der Waals surface area contributed by atoms with Gasteiger partial charge in [-0.05, 0) is 65.4 Å². The Balaban J connectivity index is 1.61. The second-order valence-electron chi connectivity index (χ2n) is 7.79. The summed E-state index contributed by atoms with van der Waals surface area (Å²) in [5, 5.41) is 19.0. The van der Waals surface area contributed by atoms with Crippen LogP contribution < -0.4 is 15.5 Å². The third kappa shape index (κ3) is 4.93. The Morgan fingerprint density at radius 1 is 1.03 bits per heavy atom. The molecule has 0 atom stereocenters. The second kappa shape index (κ2) is 9.42. The van der Waals surface area contributed by atoms with Crippen molar-refractivity contribution in [1.29, 1.82) is 5.26 Å². The summed E-state index contributed by atoms with van der Waals surface area (Å²) in [6.45, 7) is 3.82. The number of anilines is 3. The zero-order valence-corrected chi connectivity index (χ0v) is 19.6. The smallest absolute Gasteiger partial charge is 0.323 e. The number of nitrogens with zero attached hydrogens (tertiary/aromatic N) is 5. The molecule has 0 saturated carbocycles. The summed E-state index contributed by atoms with van der Waals surface area (Å²) in [6, 6.07) is 14.5. The number of carbonyl (C=O) groups excluding carboxylic acids is 1. The SMILES string of the molecule is CN1CCN(c2cc(NC(=O)Nc3ccc(C#N)cc3)cc(-c3c(Br)cnn3C)c2)CC1. The van der Waals surface area contributed by atoms with E-state index in [9.17, 15) is 4.79 Å². The molecule has 0 spiro atoms. The van der Waals surface area contributed by atoms with Crippen LogP contribution in [-0.4, -0.2) is 53.9 Å². The second-order valence-corrected chi connectivity index (χ2v) is 8.65. The first kappa shape index (κ1) is 21.9. The molecule has 2 amide bonds. The number of rotatable bonds is 4. The van der Waals surface area contributed by atoms with Gasteiger partial charge < -0.3 is 20.4 Å². The molecule has 1 aromatic heterocycles. The summed E-state index contributed by atoms with van der Waals surface area (Å²) in [7, 11) is 4.02. The number of hydrogen-bond donors (Lipinski definition) is 2. The summed E-state index contributed by atoms with van der Waals surface area (Å²) in [5.74, 6) is 0. The van der Waals surface area contributed by atoms with Crippen molar-refractivity contribution in [3.8, 4) is 17.3 Å². The first-order valence-corrected chi connectivity index (χ1v) is 11.1. The molecule has 1 aliphatic heterocycles. The van der Waals surface area contributed by atoms with Crippen molar-refractivity contribution in [3.05, 3.63) is 58.7 Å². The summed E-state index contributed by atoms with van der Waals surface area (Å²) in [5.41, 5.74) is 4.81. The van der Waals surface area contributed by atoms with Crippen LogP contribution in [0.4, 0.5) is 21.9 Å². The molecule has 164 valence electrons. The minimum Gasteiger partial charge on any atom is -0.369 e. The zero-order valence-electron chi connectivity index (χ0n) is 18.0. The third-order valence-corrected chi connectivity index (χ3v) is 6.06. The Labute approximate surface area is 195 Å². The average molecular weight is 494 g/mol. The molecule has 1 aliphatic rings. The van der Waals surface area contributed by atoms with E-state index >= 15 is 0 Å². The Hall–Kier alpha value is -3.35. The highest BCUT2D eigenvalue weighted by atomic mass is 79.9. The molecule has 8 nitrogen and oxygen atoms in total. The summed E-state index contributed by atoms with van der Waals surface area (Å²) in [6.07, 6.45) is 1.77. The van der Waals surface area contributed by atoms with Crippen molar-refractivity contribution in [2.45, 2.75) is 0 Å². The predicted octanol–water partition coefficient (Wildman–Crippen LogP) is 4.12. The van der Waals surface area contributed by atoms with E-state index in [0.29, 0.717) is 16.9 Å². The zero-order chi connectivity index (χ0) is 22.7. The van der Waals surface area contributed by atoms with Crippen LogP contribution in [-0.2, 0) is 7.05 Å². The Morgan fingerprint density at radius 2 is 1.72 bits per heavy atom. The fraction of sp³-hybridized carbons (Fsp3) is 0.261. The van der Waals surface area contributed by atoms with Crippen molar-refractivity contribution in [2.24, 2.45) is 7.05 Å². The minimum absolute atomic E-state index is 0.347. The minimum atomic E-state index is -0.347. The van der Waals surface area contributed by atoms with Crippen molar-refractivity contribution in [1.82, 2.24) is 14.7 Å². The van der Waals surface area contributed by atoms with E-state index in [4.69, 9.17) is 5.26 Å². The lowest BCUT2D eigenvalue weighted by Crippen LogP contribution is -2.44. The highest BCUT2D eigenvalue weighted by Gasteiger charge is 2.18. The summed E-state index contributed by atoms with van der Waals surface area (Å²) < 4.78 is 2.71. The maximum atomic E-state index is 12.7. The van der Waals surface area contributed by atoms with E-state index in [-0.39, 0.29) is 6.03 Å². The maximum absolute atomic E-state index is 12.7. The summed E-state index contributed by atoms with van der Waals surface area (Å²) in [4.78, 5) is 17.3. The number of carbonyl (C=O) groups is 1. The first-order chi connectivity index (χ1) is 15.4. The molecule has 0 radical (unpaired) electrons. The third-order valence-electron chi connectivity index (χ3n) is 5.48. The number of amides is 2. The van der Waals surface area contributed by atoms with Gasteiger partial charge >= 0.3 is 6.03 Å². The number of likely N-dealkylation sites (N-methyl/N-ethyl adjacent to an activating group) is 1. The molecule has 3 aromatic rings. The van der Waals surface area contributed by atoms with Gasteiger partial charge in [0, 0.05) is 55.9 Å². The fourth-order valence-electron chi connectivity index (χ4n) is 3.72. The maximum Gasteiger partial charge on any atom is 0.323 e. The van der Waals surface area contributed by atoms with Gasteiger partial charge in [0.2, 0.25) is 0 Å². The van der Waals surface area contributed by atoms with Gasteiger partial charge in [-0.15, -0.1) is 0 Å². The summed E-state index contributed by atoms with van der Waals surface area (Å²) >= 11 is 3.59. The molecular formula is C23H24BrN7O. The lowest BCUT2D eigenvalue weighted by atomic mass is 10.1. The number of piperazine rings is 1. The van der Waals surface area contributed by atoms with E-state index in [2.05, 4.69) is 60.6 Å². The lowest BCUT2D eigenvalue weighted by molar-refractivity contribution is 0.262. The van der Waals surface area contributed by atoms with Gasteiger partial charge in [-0.3, -0.25) is 4.68 Å². The first-order valence-electron chi connectivity index (χ1n) is 10.3. The number of hydrogen-bond acceptors (Lipinski definition) is 5. The van der Waals surface area contributed by atoms with Gasteiger partial charge in [-0.25, -0.2) is 4.79 Å². The van der Waals surface area contributed by atoms with Crippen molar-refractivity contribution >= 4 is 39.0 Å². The van der Waals surface area contributed by atoms with E-state index in [1.165, 1.54) is 0 Å². The standard InChI is InChI=1S/C23H24BrN7O/c1-29-7-9-31(10-8-29)20-12-17(22-21(24)15-26-30(22)2)11-19(13-20)28-23(32)27-18-5-3-16(14-25)4-6-18/h3-6,11-13,15H,7-10H2,1-2H3,(H2,27,28,32). The van der Waals surface area contributed by atoms with Gasteiger partial charge in [-0.2, -0.15) is 10.4 Å². The van der Waals surface area contributed by atoms with Gasteiger partial charge in [0.15, 0.2) is 0 Å². The van der Waals surface area contributed by atoms with Crippen LogP contribution in [0, 0.1) is 11.3 Å². The molecular weight excluding hydrogens is 470 g/mol. The molecule has 2 heterocycles. The molecule has 0 aliphatic carbocycles. The van der Waals surface area contributed by atoms with Gasteiger partial charge in [0.25, 0.3) is 0 Å². The van der Waals surface area contributed by atoms with Crippen molar-refractivity contribution < 1.29 is 4.79 Å². The molecule has 4 rings (SSSR count). The van der Waals surface area contributed by atoms with Crippen LogP contribution >= 0.6 is 15.9 Å². The van der Waals surface area contributed by atoms with E-state index in [0.717, 1.165) is 47.6 Å². The lowest BCUT2D eigenvalue weighted by Gasteiger charge is -2.34. The number of benzene rings is 2. The Morgan fingerprint density at radius 3 is 2.34 bits per heavy atom. The van der Waals surface area contributed by atoms with Crippen LogP contribution in [0.25, 0.3) is 11.3 Å². The molecule has 2 aromatic carbocycles. The van der Waals surface area contributed by atoms with E-state index in [1.54, 1.807) is 30.5 Å². The molecule has 2 N–H and O–H groups in total. The van der Waals surface area contributed by atoms with E-state index in [1.807, 2.05) is 23.9 Å². The highest BCUT2D eigenvalue weighted by Crippen LogP contribution is 2.33. The molecule has 0 bridgehead atoms. The Kier molecular flexibility index (Phi) is 6.44. The molecule has 1 fully saturated rings. The number of nitriles is 1. The monoisotopic (exact) mass is 493 g/mol. The number of urea groups is 1. The number of nitrogens with one attached hydrogen (secondary N) is 2. The number of aryl methyl sites for hydroxylation is 1. The van der Waals surface area contributed by atoms with E-state index < -0.39 is 0 Å². The molecule has 9 heteroatoms. The highest BCUT2D eigenvalue weighted by molar-refractivity contribution is 9.10. The van der Waals surface area contributed by atoms with Crippen LogP contribution in [0.3, 0.4) is 0 Å². The Bertz CT molecular complexity index is 1140. The molecule has 32 heavy (non-hydrogen) atoms. The molecule has 1 saturated heterocycles.